The summed E-state index contributed by atoms with van der Waals surface area (Å²) in [6, 6.07) is 4.20. The van der Waals surface area contributed by atoms with Gasteiger partial charge in [-0.15, -0.1) is 0 Å². The zero-order chi connectivity index (χ0) is 10.3. The van der Waals surface area contributed by atoms with E-state index in [9.17, 15) is 0 Å². The highest BCUT2D eigenvalue weighted by Gasteiger charge is 2.57. The van der Waals surface area contributed by atoms with Crippen LogP contribution < -0.4 is 5.73 Å². The lowest BCUT2D eigenvalue weighted by molar-refractivity contribution is 0.558. The summed E-state index contributed by atoms with van der Waals surface area (Å²) >= 11 is 0. The molecular weight excluding hydrogens is 172 g/mol. The number of nitrogens with two attached hydrogens (primary N) is 1. The lowest BCUT2D eigenvalue weighted by atomic mass is 10.0. The van der Waals surface area contributed by atoms with Crippen LogP contribution in [0.5, 0.6) is 0 Å². The lowest BCUT2D eigenvalue weighted by Crippen LogP contribution is -2.05. The van der Waals surface area contributed by atoms with E-state index in [-0.39, 0.29) is 0 Å². The maximum atomic E-state index is 5.77. The van der Waals surface area contributed by atoms with Crippen LogP contribution in [0, 0.1) is 18.3 Å². The van der Waals surface area contributed by atoms with E-state index in [0.717, 1.165) is 12.2 Å². The van der Waals surface area contributed by atoms with E-state index >= 15 is 0 Å². The zero-order valence-electron chi connectivity index (χ0n) is 9.12. The number of hydrogen-bond acceptors (Lipinski definition) is 2. The summed E-state index contributed by atoms with van der Waals surface area (Å²) < 4.78 is 0. The lowest BCUT2D eigenvalue weighted by Gasteiger charge is -2.05. The normalized spacial score (nSPS) is 28.9. The van der Waals surface area contributed by atoms with Crippen molar-refractivity contribution in [2.75, 3.05) is 6.54 Å². The third-order valence-corrected chi connectivity index (χ3v) is 3.69. The molecule has 2 N–H and O–H groups in total. The van der Waals surface area contributed by atoms with Gasteiger partial charge in [-0.25, -0.2) is 0 Å². The summed E-state index contributed by atoms with van der Waals surface area (Å²) in [5, 5.41) is 0. The van der Waals surface area contributed by atoms with Gasteiger partial charge in [-0.05, 0) is 42.3 Å². The third-order valence-electron chi connectivity index (χ3n) is 3.69. The van der Waals surface area contributed by atoms with Crippen molar-refractivity contribution in [2.24, 2.45) is 17.1 Å². The fourth-order valence-corrected chi connectivity index (χ4v) is 2.63. The Morgan fingerprint density at radius 1 is 1.50 bits per heavy atom. The summed E-state index contributed by atoms with van der Waals surface area (Å²) in [6.07, 6.45) is 1.85. The highest BCUT2D eigenvalue weighted by atomic mass is 14.7. The average molecular weight is 190 g/mol. The molecule has 2 heteroatoms. The molecule has 0 amide bonds. The first-order valence-electron chi connectivity index (χ1n) is 5.20. The molecule has 1 heterocycles. The first-order valence-corrected chi connectivity index (χ1v) is 5.20. The Balaban J connectivity index is 2.31. The minimum atomic E-state index is 0.364. The van der Waals surface area contributed by atoms with Crippen LogP contribution in [0.2, 0.25) is 0 Å². The van der Waals surface area contributed by atoms with Crippen molar-refractivity contribution in [3.63, 3.8) is 0 Å². The van der Waals surface area contributed by atoms with E-state index in [2.05, 4.69) is 31.8 Å². The van der Waals surface area contributed by atoms with Crippen LogP contribution in [0.25, 0.3) is 0 Å². The zero-order valence-corrected chi connectivity index (χ0v) is 9.12. The first kappa shape index (κ1) is 9.66. The minimum absolute atomic E-state index is 0.364. The quantitative estimate of drug-likeness (QED) is 0.775. The predicted octanol–water partition coefficient (Wildman–Crippen LogP) is 2.09. The minimum Gasteiger partial charge on any atom is -0.330 e. The van der Waals surface area contributed by atoms with Crippen LogP contribution in [0.4, 0.5) is 0 Å². The number of rotatable bonds is 2. The van der Waals surface area contributed by atoms with Gasteiger partial charge in [0.15, 0.2) is 0 Å². The van der Waals surface area contributed by atoms with Crippen molar-refractivity contribution in [1.82, 2.24) is 4.98 Å². The Kier molecular flexibility index (Phi) is 2.11. The van der Waals surface area contributed by atoms with Crippen molar-refractivity contribution in [3.05, 3.63) is 29.6 Å². The average Bonchev–Trinajstić information content (AvgIpc) is 2.69. The molecule has 1 aliphatic carbocycles. The molecule has 0 radical (unpaired) electrons. The van der Waals surface area contributed by atoms with Crippen LogP contribution in [-0.2, 0) is 0 Å². The number of nitrogens with zero attached hydrogens (tertiary/aromatic N) is 1. The van der Waals surface area contributed by atoms with Gasteiger partial charge >= 0.3 is 0 Å². The van der Waals surface area contributed by atoms with E-state index in [0.29, 0.717) is 17.3 Å². The molecule has 1 aromatic rings. The Hall–Kier alpha value is -0.890. The topological polar surface area (TPSA) is 38.9 Å². The molecule has 0 spiro atoms. The van der Waals surface area contributed by atoms with Gasteiger partial charge in [-0.3, -0.25) is 4.98 Å². The standard InChI is InChI=1S/C12H18N2/c1-8-9(5-4-6-14-8)11-10(7-13)12(11,2)3/h4-6,10-11H,7,13H2,1-3H3/t10-,11-/m0/s1. The molecule has 1 saturated carbocycles. The Morgan fingerprint density at radius 3 is 2.71 bits per heavy atom. The SMILES string of the molecule is Cc1ncccc1[C@H]1[C@H](CN)C1(C)C. The van der Waals surface area contributed by atoms with Crippen LogP contribution in [0.15, 0.2) is 18.3 Å². The second-order valence-corrected chi connectivity index (χ2v) is 4.82. The van der Waals surface area contributed by atoms with Crippen molar-refractivity contribution in [1.29, 1.82) is 0 Å². The fourth-order valence-electron chi connectivity index (χ4n) is 2.63. The molecule has 1 fully saturated rings. The molecule has 76 valence electrons. The molecule has 1 aliphatic rings. The van der Waals surface area contributed by atoms with Crippen molar-refractivity contribution in [2.45, 2.75) is 26.7 Å². The molecule has 2 nitrogen and oxygen atoms in total. The molecule has 2 atom stereocenters. The van der Waals surface area contributed by atoms with E-state index in [1.807, 2.05) is 12.3 Å². The van der Waals surface area contributed by atoms with Gasteiger partial charge in [0, 0.05) is 11.9 Å². The predicted molar refractivity (Wildman–Crippen MR) is 58.0 cm³/mol. The van der Waals surface area contributed by atoms with Gasteiger partial charge in [-0.2, -0.15) is 0 Å². The largest absolute Gasteiger partial charge is 0.330 e. The highest BCUT2D eigenvalue weighted by Crippen LogP contribution is 2.64. The number of aromatic nitrogens is 1. The summed E-state index contributed by atoms with van der Waals surface area (Å²) in [7, 11) is 0. The molecule has 2 rings (SSSR count). The smallest absolute Gasteiger partial charge is 0.0407 e. The number of aryl methyl sites for hydroxylation is 1. The maximum absolute atomic E-state index is 5.77. The second-order valence-electron chi connectivity index (χ2n) is 4.82. The summed E-state index contributed by atoms with van der Waals surface area (Å²) in [5.74, 6) is 1.24. The van der Waals surface area contributed by atoms with Crippen molar-refractivity contribution < 1.29 is 0 Å². The monoisotopic (exact) mass is 190 g/mol. The molecule has 0 bridgehead atoms. The van der Waals surface area contributed by atoms with Crippen LogP contribution in [0.1, 0.15) is 31.0 Å². The molecular formula is C12H18N2. The van der Waals surface area contributed by atoms with Gasteiger partial charge in [0.1, 0.15) is 0 Å². The van der Waals surface area contributed by atoms with Crippen LogP contribution in [0.3, 0.4) is 0 Å². The van der Waals surface area contributed by atoms with Gasteiger partial charge in [0.25, 0.3) is 0 Å². The van der Waals surface area contributed by atoms with E-state index in [1.54, 1.807) is 0 Å². The summed E-state index contributed by atoms with van der Waals surface area (Å²) in [4.78, 5) is 4.33. The maximum Gasteiger partial charge on any atom is 0.0407 e. The summed E-state index contributed by atoms with van der Waals surface area (Å²) in [6.45, 7) is 7.45. The molecule has 0 saturated heterocycles. The second kappa shape index (κ2) is 3.06. The Labute approximate surface area is 85.5 Å². The number of pyridine rings is 1. The summed E-state index contributed by atoms with van der Waals surface area (Å²) in [5.41, 5.74) is 8.67. The van der Waals surface area contributed by atoms with Crippen molar-refractivity contribution in [3.8, 4) is 0 Å². The molecule has 0 aromatic carbocycles. The van der Waals surface area contributed by atoms with E-state index in [1.165, 1.54) is 5.56 Å². The van der Waals surface area contributed by atoms with Gasteiger partial charge in [-0.1, -0.05) is 19.9 Å². The fraction of sp³-hybridized carbons (Fsp3) is 0.583. The first-order chi connectivity index (χ1) is 6.59. The van der Waals surface area contributed by atoms with Gasteiger partial charge < -0.3 is 5.73 Å². The number of hydrogen-bond donors (Lipinski definition) is 1. The molecule has 0 unspecified atom stereocenters. The molecule has 1 aromatic heterocycles. The van der Waals surface area contributed by atoms with E-state index < -0.39 is 0 Å². The van der Waals surface area contributed by atoms with Gasteiger partial charge in [0.05, 0.1) is 0 Å². The highest BCUT2D eigenvalue weighted by molar-refractivity contribution is 5.34. The van der Waals surface area contributed by atoms with Gasteiger partial charge in [0.2, 0.25) is 0 Å². The Bertz CT molecular complexity index is 344. The third kappa shape index (κ3) is 1.25. The molecule has 0 aliphatic heterocycles. The van der Waals surface area contributed by atoms with Crippen LogP contribution in [-0.4, -0.2) is 11.5 Å². The van der Waals surface area contributed by atoms with E-state index in [4.69, 9.17) is 5.73 Å². The van der Waals surface area contributed by atoms with Crippen molar-refractivity contribution >= 4 is 0 Å². The molecule has 14 heavy (non-hydrogen) atoms. The Morgan fingerprint density at radius 2 is 2.21 bits per heavy atom. The van der Waals surface area contributed by atoms with Crippen LogP contribution >= 0.6 is 0 Å².